The van der Waals surface area contributed by atoms with Crippen LogP contribution in [-0.4, -0.2) is 53.6 Å². The summed E-state index contributed by atoms with van der Waals surface area (Å²) in [6, 6.07) is 8.87. The summed E-state index contributed by atoms with van der Waals surface area (Å²) in [5, 5.41) is 28.1. The SMILES string of the molecule is N#Cc1ccc(OC[C@@H](O)CN2CCC(O)CC2)cc1. The number of aliphatic hydroxyl groups is 2. The van der Waals surface area contributed by atoms with Gasteiger partial charge >= 0.3 is 0 Å². The minimum atomic E-state index is -0.555. The average molecular weight is 276 g/mol. The van der Waals surface area contributed by atoms with Crippen LogP contribution >= 0.6 is 0 Å². The van der Waals surface area contributed by atoms with Crippen LogP contribution in [0.25, 0.3) is 0 Å². The van der Waals surface area contributed by atoms with Gasteiger partial charge in [0.05, 0.1) is 17.7 Å². The molecule has 1 aliphatic heterocycles. The first-order valence-corrected chi connectivity index (χ1v) is 6.89. The van der Waals surface area contributed by atoms with E-state index in [1.807, 2.05) is 6.07 Å². The molecule has 1 heterocycles. The fourth-order valence-corrected chi connectivity index (χ4v) is 2.27. The summed E-state index contributed by atoms with van der Waals surface area (Å²) in [6.45, 7) is 2.41. The molecule has 0 bridgehead atoms. The Hall–Kier alpha value is -1.61. The lowest BCUT2D eigenvalue weighted by Crippen LogP contribution is -2.41. The number of β-amino-alcohol motifs (C(OH)–C–C–N with tert-alkyl or cyclic N) is 1. The van der Waals surface area contributed by atoms with Crippen LogP contribution in [0.2, 0.25) is 0 Å². The van der Waals surface area contributed by atoms with Crippen molar-refractivity contribution >= 4 is 0 Å². The number of piperidine rings is 1. The van der Waals surface area contributed by atoms with Gasteiger partial charge in [0.1, 0.15) is 18.5 Å². The number of nitrogens with zero attached hydrogens (tertiary/aromatic N) is 2. The summed E-state index contributed by atoms with van der Waals surface area (Å²) in [4.78, 5) is 2.14. The topological polar surface area (TPSA) is 76.7 Å². The summed E-state index contributed by atoms with van der Waals surface area (Å²) in [5.41, 5.74) is 0.588. The van der Waals surface area contributed by atoms with E-state index >= 15 is 0 Å². The molecule has 0 aliphatic carbocycles. The highest BCUT2D eigenvalue weighted by Crippen LogP contribution is 2.13. The van der Waals surface area contributed by atoms with Crippen LogP contribution in [0.3, 0.4) is 0 Å². The van der Waals surface area contributed by atoms with E-state index in [0.29, 0.717) is 17.9 Å². The Bertz CT molecular complexity index is 447. The largest absolute Gasteiger partial charge is 0.491 e. The van der Waals surface area contributed by atoms with Crippen molar-refractivity contribution in [2.45, 2.75) is 25.0 Å². The molecule has 2 N–H and O–H groups in total. The quantitative estimate of drug-likeness (QED) is 0.830. The van der Waals surface area contributed by atoms with Crippen molar-refractivity contribution in [2.24, 2.45) is 0 Å². The van der Waals surface area contributed by atoms with Gasteiger partial charge in [-0.15, -0.1) is 0 Å². The average Bonchev–Trinajstić information content (AvgIpc) is 2.48. The first-order valence-electron chi connectivity index (χ1n) is 6.89. The van der Waals surface area contributed by atoms with Gasteiger partial charge in [0.15, 0.2) is 0 Å². The molecule has 0 aromatic heterocycles. The zero-order valence-electron chi connectivity index (χ0n) is 11.4. The third-order valence-electron chi connectivity index (χ3n) is 3.45. The molecule has 1 aromatic carbocycles. The normalized spacial score (nSPS) is 18.4. The number of hydrogen-bond acceptors (Lipinski definition) is 5. The monoisotopic (exact) mass is 276 g/mol. The molecule has 1 saturated heterocycles. The molecule has 0 unspecified atom stereocenters. The van der Waals surface area contributed by atoms with Gasteiger partial charge in [-0.2, -0.15) is 5.26 Å². The van der Waals surface area contributed by atoms with Crippen LogP contribution in [0, 0.1) is 11.3 Å². The third-order valence-corrected chi connectivity index (χ3v) is 3.45. The van der Waals surface area contributed by atoms with E-state index in [4.69, 9.17) is 10.00 Å². The zero-order valence-corrected chi connectivity index (χ0v) is 11.4. The molecule has 0 saturated carbocycles. The number of likely N-dealkylation sites (tertiary alicyclic amines) is 1. The van der Waals surface area contributed by atoms with Gasteiger partial charge in [-0.05, 0) is 37.1 Å². The third kappa shape index (κ3) is 4.49. The fourth-order valence-electron chi connectivity index (χ4n) is 2.27. The molecule has 0 spiro atoms. The number of rotatable bonds is 5. The van der Waals surface area contributed by atoms with Gasteiger partial charge in [-0.25, -0.2) is 0 Å². The standard InChI is InChI=1S/C15H20N2O3/c16-9-12-1-3-15(4-2-12)20-11-14(19)10-17-7-5-13(18)6-8-17/h1-4,13-14,18-19H,5-8,10-11H2/t14-/m0/s1. The van der Waals surface area contributed by atoms with Crippen LogP contribution in [0.15, 0.2) is 24.3 Å². The summed E-state index contributed by atoms with van der Waals surface area (Å²) < 4.78 is 5.49. The molecular formula is C15H20N2O3. The maximum atomic E-state index is 9.95. The van der Waals surface area contributed by atoms with Gasteiger partial charge in [0, 0.05) is 19.6 Å². The maximum absolute atomic E-state index is 9.95. The summed E-state index contributed by atoms with van der Waals surface area (Å²) >= 11 is 0. The van der Waals surface area contributed by atoms with Gasteiger partial charge in [-0.3, -0.25) is 0 Å². The fraction of sp³-hybridized carbons (Fsp3) is 0.533. The van der Waals surface area contributed by atoms with Crippen LogP contribution < -0.4 is 4.74 Å². The Morgan fingerprint density at radius 3 is 2.55 bits per heavy atom. The van der Waals surface area contributed by atoms with Crippen molar-refractivity contribution < 1.29 is 14.9 Å². The molecular weight excluding hydrogens is 256 g/mol. The lowest BCUT2D eigenvalue weighted by molar-refractivity contribution is 0.0337. The molecule has 5 nitrogen and oxygen atoms in total. The molecule has 5 heteroatoms. The molecule has 2 rings (SSSR count). The van der Waals surface area contributed by atoms with E-state index in [0.717, 1.165) is 25.9 Å². The smallest absolute Gasteiger partial charge is 0.119 e. The van der Waals surface area contributed by atoms with E-state index in [1.54, 1.807) is 24.3 Å². The van der Waals surface area contributed by atoms with E-state index in [2.05, 4.69) is 4.90 Å². The van der Waals surface area contributed by atoms with Crippen LogP contribution in [0.1, 0.15) is 18.4 Å². The number of aliphatic hydroxyl groups excluding tert-OH is 2. The minimum absolute atomic E-state index is 0.196. The summed E-state index contributed by atoms with van der Waals surface area (Å²) in [6.07, 6.45) is 0.783. The maximum Gasteiger partial charge on any atom is 0.119 e. The second kappa shape index (κ2) is 7.25. The molecule has 1 fully saturated rings. The Balaban J connectivity index is 1.71. The van der Waals surface area contributed by atoms with Gasteiger partial charge in [0.2, 0.25) is 0 Å². The Morgan fingerprint density at radius 2 is 1.95 bits per heavy atom. The second-order valence-corrected chi connectivity index (χ2v) is 5.13. The highest BCUT2D eigenvalue weighted by Gasteiger charge is 2.19. The molecule has 0 radical (unpaired) electrons. The first kappa shape index (κ1) is 14.8. The second-order valence-electron chi connectivity index (χ2n) is 5.13. The highest BCUT2D eigenvalue weighted by molar-refractivity contribution is 5.34. The molecule has 20 heavy (non-hydrogen) atoms. The Kier molecular flexibility index (Phi) is 5.36. The van der Waals surface area contributed by atoms with Crippen molar-refractivity contribution in [3.8, 4) is 11.8 Å². The predicted octanol–water partition coefficient (Wildman–Crippen LogP) is 0.755. The summed E-state index contributed by atoms with van der Waals surface area (Å²) in [7, 11) is 0. The molecule has 1 aromatic rings. The Morgan fingerprint density at radius 1 is 1.30 bits per heavy atom. The lowest BCUT2D eigenvalue weighted by atomic mass is 10.1. The molecule has 0 amide bonds. The van der Waals surface area contributed by atoms with E-state index in [9.17, 15) is 10.2 Å². The van der Waals surface area contributed by atoms with Crippen molar-refractivity contribution in [1.82, 2.24) is 4.90 Å². The van der Waals surface area contributed by atoms with E-state index in [1.165, 1.54) is 0 Å². The van der Waals surface area contributed by atoms with E-state index in [-0.39, 0.29) is 12.7 Å². The minimum Gasteiger partial charge on any atom is -0.491 e. The zero-order chi connectivity index (χ0) is 14.4. The van der Waals surface area contributed by atoms with Crippen molar-refractivity contribution in [3.63, 3.8) is 0 Å². The highest BCUT2D eigenvalue weighted by atomic mass is 16.5. The summed E-state index contributed by atoms with van der Waals surface area (Å²) in [5.74, 6) is 0.650. The van der Waals surface area contributed by atoms with Crippen LogP contribution in [0.5, 0.6) is 5.75 Å². The number of nitriles is 1. The van der Waals surface area contributed by atoms with Crippen molar-refractivity contribution in [1.29, 1.82) is 5.26 Å². The molecule has 1 atom stereocenters. The van der Waals surface area contributed by atoms with E-state index < -0.39 is 6.10 Å². The van der Waals surface area contributed by atoms with Crippen LogP contribution in [-0.2, 0) is 0 Å². The Labute approximate surface area is 119 Å². The van der Waals surface area contributed by atoms with Gasteiger partial charge in [-0.1, -0.05) is 0 Å². The number of hydrogen-bond donors (Lipinski definition) is 2. The van der Waals surface area contributed by atoms with Crippen LogP contribution in [0.4, 0.5) is 0 Å². The molecule has 108 valence electrons. The number of ether oxygens (including phenoxy) is 1. The first-order chi connectivity index (χ1) is 9.67. The van der Waals surface area contributed by atoms with Crippen molar-refractivity contribution in [3.05, 3.63) is 29.8 Å². The van der Waals surface area contributed by atoms with Gasteiger partial charge < -0.3 is 19.8 Å². The predicted molar refractivity (Wildman–Crippen MR) is 74.3 cm³/mol. The van der Waals surface area contributed by atoms with Crippen molar-refractivity contribution in [2.75, 3.05) is 26.2 Å². The molecule has 1 aliphatic rings. The van der Waals surface area contributed by atoms with Gasteiger partial charge in [0.25, 0.3) is 0 Å². The lowest BCUT2D eigenvalue weighted by Gasteiger charge is -2.30. The number of benzene rings is 1.